The average Bonchev–Trinajstić information content (AvgIpc) is 3.62. The summed E-state index contributed by atoms with van der Waals surface area (Å²) in [4.78, 5) is 43.9. The Morgan fingerprint density at radius 1 is 1.10 bits per heavy atom. The number of rotatable bonds is 8. The number of amides is 3. The number of nitrogens with one attached hydrogen (secondary N) is 2. The lowest BCUT2D eigenvalue weighted by Gasteiger charge is -2.36. The Balaban J connectivity index is 1.31. The fraction of sp³-hybridized carbons (Fsp3) is 0.500. The van der Waals surface area contributed by atoms with Crippen molar-refractivity contribution in [2.45, 2.75) is 82.7 Å². The molecule has 1 aliphatic carbocycles. The highest BCUT2D eigenvalue weighted by atomic mass is 16.5. The van der Waals surface area contributed by atoms with Crippen LogP contribution in [0.5, 0.6) is 5.75 Å². The highest BCUT2D eigenvalue weighted by Crippen LogP contribution is 2.55. The molecule has 2 N–H and O–H groups in total. The van der Waals surface area contributed by atoms with Gasteiger partial charge in [0.25, 0.3) is 0 Å². The van der Waals surface area contributed by atoms with Crippen LogP contribution in [0, 0.1) is 17.8 Å². The maximum absolute atomic E-state index is 14.3. The van der Waals surface area contributed by atoms with Gasteiger partial charge in [-0.3, -0.25) is 14.4 Å². The van der Waals surface area contributed by atoms with Crippen molar-refractivity contribution in [3.8, 4) is 5.75 Å². The molecule has 2 aromatic carbocycles. The number of hydrogen-bond acceptors (Lipinski definition) is 5. The van der Waals surface area contributed by atoms with Gasteiger partial charge in [0, 0.05) is 18.3 Å². The van der Waals surface area contributed by atoms with Gasteiger partial charge in [-0.2, -0.15) is 0 Å². The van der Waals surface area contributed by atoms with Gasteiger partial charge in [-0.15, -0.1) is 0 Å². The Morgan fingerprint density at radius 2 is 1.86 bits per heavy atom. The molecule has 42 heavy (non-hydrogen) atoms. The SMILES string of the molecule is COc1cccc(CN2C(=O)[C@@H]3[C@H](C(=O)Nc4ccc(C(C)C)cc4)[C@@H]4C=C[C@@]3(O4)[C@@H]2C(=O)N[C@H]2CCCC[C@H]2C)c1. The van der Waals surface area contributed by atoms with E-state index in [-0.39, 0.29) is 30.3 Å². The van der Waals surface area contributed by atoms with Crippen LogP contribution in [0.2, 0.25) is 0 Å². The first-order valence-corrected chi connectivity index (χ1v) is 15.2. The van der Waals surface area contributed by atoms with Gasteiger partial charge in [-0.25, -0.2) is 0 Å². The predicted molar refractivity (Wildman–Crippen MR) is 160 cm³/mol. The third kappa shape index (κ3) is 4.89. The molecule has 1 spiro atoms. The number of fused-ring (bicyclic) bond motifs is 1. The molecule has 3 amide bonds. The van der Waals surface area contributed by atoms with Crippen LogP contribution < -0.4 is 15.4 Å². The van der Waals surface area contributed by atoms with Gasteiger partial charge in [-0.1, -0.05) is 70.0 Å². The summed E-state index contributed by atoms with van der Waals surface area (Å²) < 4.78 is 11.9. The second-order valence-electron chi connectivity index (χ2n) is 12.7. The zero-order valence-electron chi connectivity index (χ0n) is 24.8. The smallest absolute Gasteiger partial charge is 0.246 e. The summed E-state index contributed by atoms with van der Waals surface area (Å²) in [6, 6.07) is 14.4. The van der Waals surface area contributed by atoms with Gasteiger partial charge in [0.1, 0.15) is 17.4 Å². The normalized spacial score (nSPS) is 31.4. The fourth-order valence-electron chi connectivity index (χ4n) is 7.37. The molecule has 3 fully saturated rings. The number of carbonyl (C=O) groups excluding carboxylic acids is 3. The summed E-state index contributed by atoms with van der Waals surface area (Å²) in [5.74, 6) is -0.862. The molecule has 222 valence electrons. The monoisotopic (exact) mass is 571 g/mol. The molecular formula is C34H41N3O5. The Bertz CT molecular complexity index is 1390. The van der Waals surface area contributed by atoms with Gasteiger partial charge >= 0.3 is 0 Å². The molecule has 7 atom stereocenters. The standard InChI is InChI=1S/C34H41N3O5/c1-20(2)23-12-14-24(15-13-23)35-31(38)28-27-16-17-34(42-27)29(28)33(40)37(19-22-9-7-10-25(18-22)41-4)30(34)32(39)36-26-11-6-5-8-21(26)3/h7,9-10,12-18,20-21,26-30H,5-6,8,11,19H2,1-4H3,(H,35,38)(H,36,39)/t21-,26+,27+,28-,29+,30+,34+/m1/s1. The summed E-state index contributed by atoms with van der Waals surface area (Å²) in [5, 5.41) is 6.31. The molecule has 2 aromatic rings. The molecule has 2 saturated heterocycles. The highest BCUT2D eigenvalue weighted by molar-refractivity contribution is 6.02. The number of likely N-dealkylation sites (tertiary alicyclic amines) is 1. The third-order valence-corrected chi connectivity index (χ3v) is 9.70. The number of benzene rings is 2. The molecule has 2 bridgehead atoms. The van der Waals surface area contributed by atoms with Crippen LogP contribution >= 0.6 is 0 Å². The van der Waals surface area contributed by atoms with E-state index in [1.165, 1.54) is 5.56 Å². The lowest BCUT2D eigenvalue weighted by Crippen LogP contribution is -2.57. The lowest BCUT2D eigenvalue weighted by atomic mass is 9.74. The summed E-state index contributed by atoms with van der Waals surface area (Å²) >= 11 is 0. The third-order valence-electron chi connectivity index (χ3n) is 9.70. The maximum atomic E-state index is 14.3. The van der Waals surface area contributed by atoms with E-state index < -0.39 is 29.6 Å². The van der Waals surface area contributed by atoms with Gasteiger partial charge < -0.3 is 25.0 Å². The molecule has 4 aliphatic rings. The predicted octanol–water partition coefficient (Wildman–Crippen LogP) is 4.80. The summed E-state index contributed by atoms with van der Waals surface area (Å²) in [6.45, 7) is 6.62. The van der Waals surface area contributed by atoms with E-state index in [0.717, 1.165) is 31.2 Å². The van der Waals surface area contributed by atoms with Crippen LogP contribution in [0.15, 0.2) is 60.7 Å². The van der Waals surface area contributed by atoms with Crippen molar-refractivity contribution in [3.05, 3.63) is 71.8 Å². The number of methoxy groups -OCH3 is 1. The number of hydrogen-bond donors (Lipinski definition) is 2. The molecule has 1 saturated carbocycles. The Labute approximate surface area is 247 Å². The first-order valence-electron chi connectivity index (χ1n) is 15.2. The van der Waals surface area contributed by atoms with E-state index in [9.17, 15) is 14.4 Å². The van der Waals surface area contributed by atoms with Crippen LogP contribution in [0.1, 0.15) is 63.5 Å². The zero-order chi connectivity index (χ0) is 29.6. The van der Waals surface area contributed by atoms with Crippen molar-refractivity contribution in [2.75, 3.05) is 12.4 Å². The highest BCUT2D eigenvalue weighted by Gasteiger charge is 2.72. The summed E-state index contributed by atoms with van der Waals surface area (Å²) in [6.07, 6.45) is 7.36. The van der Waals surface area contributed by atoms with Crippen LogP contribution in [-0.2, 0) is 25.7 Å². The minimum atomic E-state index is -1.20. The Hall–Kier alpha value is -3.65. The lowest BCUT2D eigenvalue weighted by molar-refractivity contribution is -0.142. The minimum Gasteiger partial charge on any atom is -0.497 e. The maximum Gasteiger partial charge on any atom is 0.246 e. The fourth-order valence-corrected chi connectivity index (χ4v) is 7.37. The van der Waals surface area contributed by atoms with Crippen molar-refractivity contribution in [1.29, 1.82) is 0 Å². The number of nitrogens with zero attached hydrogens (tertiary/aromatic N) is 1. The second kappa shape index (κ2) is 11.2. The van der Waals surface area contributed by atoms with Crippen molar-refractivity contribution < 1.29 is 23.9 Å². The number of carbonyl (C=O) groups is 3. The molecule has 0 aromatic heterocycles. The zero-order valence-corrected chi connectivity index (χ0v) is 24.8. The molecular weight excluding hydrogens is 530 g/mol. The first kappa shape index (κ1) is 28.5. The van der Waals surface area contributed by atoms with Crippen molar-refractivity contribution in [1.82, 2.24) is 10.2 Å². The topological polar surface area (TPSA) is 97.0 Å². The van der Waals surface area contributed by atoms with Crippen molar-refractivity contribution in [3.63, 3.8) is 0 Å². The molecule has 8 nitrogen and oxygen atoms in total. The van der Waals surface area contributed by atoms with Gasteiger partial charge in [0.2, 0.25) is 17.7 Å². The van der Waals surface area contributed by atoms with E-state index in [1.54, 1.807) is 12.0 Å². The molecule has 3 heterocycles. The number of ether oxygens (including phenoxy) is 2. The van der Waals surface area contributed by atoms with Gasteiger partial charge in [0.15, 0.2) is 0 Å². The summed E-state index contributed by atoms with van der Waals surface area (Å²) in [7, 11) is 1.60. The van der Waals surface area contributed by atoms with E-state index in [0.29, 0.717) is 23.3 Å². The van der Waals surface area contributed by atoms with E-state index in [2.05, 4.69) is 31.4 Å². The molecule has 6 rings (SSSR count). The summed E-state index contributed by atoms with van der Waals surface area (Å²) in [5.41, 5.74) is 1.49. The molecule has 8 heteroatoms. The molecule has 0 unspecified atom stereocenters. The average molecular weight is 572 g/mol. The van der Waals surface area contributed by atoms with Crippen LogP contribution in [-0.4, -0.2) is 53.5 Å². The number of anilines is 1. The Kier molecular flexibility index (Phi) is 7.60. The van der Waals surface area contributed by atoms with Gasteiger partial charge in [-0.05, 0) is 60.1 Å². The van der Waals surface area contributed by atoms with Crippen molar-refractivity contribution >= 4 is 23.4 Å². The van der Waals surface area contributed by atoms with Crippen LogP contribution in [0.4, 0.5) is 5.69 Å². The van der Waals surface area contributed by atoms with Gasteiger partial charge in [0.05, 0.1) is 25.0 Å². The van der Waals surface area contributed by atoms with Crippen LogP contribution in [0.3, 0.4) is 0 Å². The molecule has 3 aliphatic heterocycles. The molecule has 0 radical (unpaired) electrons. The van der Waals surface area contributed by atoms with E-state index in [1.807, 2.05) is 60.7 Å². The minimum absolute atomic E-state index is 0.0472. The second-order valence-corrected chi connectivity index (χ2v) is 12.7. The van der Waals surface area contributed by atoms with E-state index >= 15 is 0 Å². The first-order chi connectivity index (χ1) is 20.2. The Morgan fingerprint density at radius 3 is 2.57 bits per heavy atom. The van der Waals surface area contributed by atoms with E-state index in [4.69, 9.17) is 9.47 Å². The quantitative estimate of drug-likeness (QED) is 0.444. The van der Waals surface area contributed by atoms with Crippen molar-refractivity contribution in [2.24, 2.45) is 17.8 Å². The van der Waals surface area contributed by atoms with Crippen LogP contribution in [0.25, 0.3) is 0 Å². The largest absolute Gasteiger partial charge is 0.497 e.